The summed E-state index contributed by atoms with van der Waals surface area (Å²) in [6.45, 7) is 7.19. The van der Waals surface area contributed by atoms with Crippen LogP contribution in [0.1, 0.15) is 33.6 Å². The molecule has 86 valence electrons. The van der Waals surface area contributed by atoms with Gasteiger partial charge in [0.2, 0.25) is 0 Å². The van der Waals surface area contributed by atoms with E-state index >= 15 is 0 Å². The number of aromatic nitrogens is 2. The van der Waals surface area contributed by atoms with E-state index in [2.05, 4.69) is 36.1 Å². The first-order chi connectivity index (χ1) is 7.72. The highest BCUT2D eigenvalue weighted by Gasteiger charge is 2.19. The van der Waals surface area contributed by atoms with E-state index in [0.717, 1.165) is 22.3 Å². The Kier molecular flexibility index (Phi) is 3.68. The molecule has 1 unspecified atom stereocenters. The zero-order valence-corrected chi connectivity index (χ0v) is 11.3. The summed E-state index contributed by atoms with van der Waals surface area (Å²) in [5.41, 5.74) is 1.12. The third-order valence-electron chi connectivity index (χ3n) is 2.40. The van der Waals surface area contributed by atoms with Gasteiger partial charge in [-0.05, 0) is 20.4 Å². The lowest BCUT2D eigenvalue weighted by Gasteiger charge is -2.11. The van der Waals surface area contributed by atoms with Gasteiger partial charge in [-0.15, -0.1) is 22.7 Å². The molecule has 0 aliphatic heterocycles. The maximum Gasteiger partial charge on any atom is 0.117 e. The minimum absolute atomic E-state index is 0.155. The predicted octanol–water partition coefficient (Wildman–Crippen LogP) is 2.92. The number of hydrogen-bond acceptors (Lipinski definition) is 5. The summed E-state index contributed by atoms with van der Waals surface area (Å²) < 4.78 is 0. The minimum Gasteiger partial charge on any atom is -0.303 e. The van der Waals surface area contributed by atoms with Crippen molar-refractivity contribution in [2.45, 2.75) is 26.8 Å². The van der Waals surface area contributed by atoms with Crippen LogP contribution in [0, 0.1) is 13.8 Å². The van der Waals surface area contributed by atoms with Crippen molar-refractivity contribution in [3.05, 3.63) is 32.2 Å². The van der Waals surface area contributed by atoms with Gasteiger partial charge in [-0.3, -0.25) is 0 Å². The van der Waals surface area contributed by atoms with Gasteiger partial charge in [0.25, 0.3) is 0 Å². The quantitative estimate of drug-likeness (QED) is 0.910. The molecule has 1 atom stereocenters. The average Bonchev–Trinajstić information content (AvgIpc) is 2.86. The lowest BCUT2D eigenvalue weighted by atomic mass is 10.3. The van der Waals surface area contributed by atoms with Gasteiger partial charge in [-0.25, -0.2) is 9.97 Å². The van der Waals surface area contributed by atoms with Gasteiger partial charge >= 0.3 is 0 Å². The fraction of sp³-hybridized carbons (Fsp3) is 0.455. The summed E-state index contributed by atoms with van der Waals surface area (Å²) in [4.78, 5) is 10.3. The molecule has 2 rings (SSSR count). The maximum absolute atomic E-state index is 4.61. The van der Waals surface area contributed by atoms with Crippen LogP contribution in [-0.4, -0.2) is 16.5 Å². The molecule has 0 aromatic carbocycles. The molecule has 2 heterocycles. The highest BCUT2D eigenvalue weighted by molar-refractivity contribution is 7.12. The fourth-order valence-corrected chi connectivity index (χ4v) is 3.27. The molecule has 2 aromatic rings. The second-order valence-corrected chi connectivity index (χ2v) is 5.72. The van der Waals surface area contributed by atoms with Gasteiger partial charge in [-0.1, -0.05) is 6.92 Å². The highest BCUT2D eigenvalue weighted by Crippen LogP contribution is 2.28. The Morgan fingerprint density at radius 2 is 2.19 bits per heavy atom. The zero-order chi connectivity index (χ0) is 11.5. The molecule has 16 heavy (non-hydrogen) atoms. The minimum atomic E-state index is 0.155. The Balaban J connectivity index is 2.32. The summed E-state index contributed by atoms with van der Waals surface area (Å²) in [6.07, 6.45) is 1.84. The van der Waals surface area contributed by atoms with Crippen LogP contribution >= 0.6 is 22.7 Å². The summed E-state index contributed by atoms with van der Waals surface area (Å²) in [5.74, 6) is 0. The lowest BCUT2D eigenvalue weighted by Crippen LogP contribution is -2.21. The number of nitrogens with zero attached hydrogens (tertiary/aromatic N) is 2. The Hall–Kier alpha value is -0.780. The van der Waals surface area contributed by atoms with E-state index < -0.39 is 0 Å². The third-order valence-corrected chi connectivity index (χ3v) is 4.38. The molecule has 0 radical (unpaired) electrons. The van der Waals surface area contributed by atoms with Crippen LogP contribution in [-0.2, 0) is 0 Å². The van der Waals surface area contributed by atoms with E-state index in [1.807, 2.05) is 11.6 Å². The standard InChI is InChI=1S/C11H15N3S2/c1-4-12-9(10-13-5-6-15-10)11-14-7(2)8(3)16-11/h5-6,9,12H,4H2,1-3H3. The van der Waals surface area contributed by atoms with Crippen LogP contribution in [0.5, 0.6) is 0 Å². The van der Waals surface area contributed by atoms with Crippen LogP contribution in [0.15, 0.2) is 11.6 Å². The fourth-order valence-electron chi connectivity index (χ4n) is 1.48. The number of rotatable bonds is 4. The van der Waals surface area contributed by atoms with E-state index in [-0.39, 0.29) is 6.04 Å². The topological polar surface area (TPSA) is 37.8 Å². The molecule has 0 aliphatic carbocycles. The summed E-state index contributed by atoms with van der Waals surface area (Å²) in [7, 11) is 0. The van der Waals surface area contributed by atoms with E-state index in [1.165, 1.54) is 4.88 Å². The molecule has 0 bridgehead atoms. The molecule has 2 aromatic heterocycles. The van der Waals surface area contributed by atoms with E-state index in [4.69, 9.17) is 0 Å². The van der Waals surface area contributed by atoms with Gasteiger partial charge in [0.05, 0.1) is 5.69 Å². The van der Waals surface area contributed by atoms with Crippen molar-refractivity contribution in [1.82, 2.24) is 15.3 Å². The van der Waals surface area contributed by atoms with Crippen molar-refractivity contribution >= 4 is 22.7 Å². The van der Waals surface area contributed by atoms with E-state index in [0.29, 0.717) is 0 Å². The van der Waals surface area contributed by atoms with Crippen LogP contribution in [0.25, 0.3) is 0 Å². The Morgan fingerprint density at radius 3 is 2.69 bits per heavy atom. The Labute approximate surface area is 104 Å². The van der Waals surface area contributed by atoms with Crippen LogP contribution < -0.4 is 5.32 Å². The summed E-state index contributed by atoms with van der Waals surface area (Å²) >= 11 is 3.43. The van der Waals surface area contributed by atoms with Crippen LogP contribution in [0.2, 0.25) is 0 Å². The second kappa shape index (κ2) is 5.03. The lowest BCUT2D eigenvalue weighted by molar-refractivity contribution is 0.622. The van der Waals surface area contributed by atoms with Crippen molar-refractivity contribution in [1.29, 1.82) is 0 Å². The van der Waals surface area contributed by atoms with Gasteiger partial charge in [0.1, 0.15) is 16.1 Å². The molecule has 0 saturated heterocycles. The number of aryl methyl sites for hydroxylation is 2. The van der Waals surface area contributed by atoms with Crippen LogP contribution in [0.3, 0.4) is 0 Å². The molecule has 5 heteroatoms. The van der Waals surface area contributed by atoms with Gasteiger partial charge < -0.3 is 5.32 Å². The predicted molar refractivity (Wildman–Crippen MR) is 69.2 cm³/mol. The van der Waals surface area contributed by atoms with Crippen molar-refractivity contribution in [2.75, 3.05) is 6.54 Å². The molecule has 0 spiro atoms. The molecule has 0 amide bonds. The van der Waals surface area contributed by atoms with Gasteiger partial charge in [0, 0.05) is 16.5 Å². The number of hydrogen-bond donors (Lipinski definition) is 1. The maximum atomic E-state index is 4.61. The highest BCUT2D eigenvalue weighted by atomic mass is 32.1. The third kappa shape index (κ3) is 2.31. The van der Waals surface area contributed by atoms with Crippen molar-refractivity contribution in [2.24, 2.45) is 0 Å². The normalized spacial score (nSPS) is 12.9. The molecule has 0 saturated carbocycles. The summed E-state index contributed by atoms with van der Waals surface area (Å²) in [6, 6.07) is 0.155. The smallest absolute Gasteiger partial charge is 0.117 e. The monoisotopic (exact) mass is 253 g/mol. The molecule has 1 N–H and O–H groups in total. The molecule has 0 fully saturated rings. The first-order valence-corrected chi connectivity index (χ1v) is 6.98. The van der Waals surface area contributed by atoms with Crippen LogP contribution in [0.4, 0.5) is 0 Å². The summed E-state index contributed by atoms with van der Waals surface area (Å²) in [5, 5.41) is 7.66. The number of nitrogens with one attached hydrogen (secondary N) is 1. The Morgan fingerprint density at radius 1 is 1.38 bits per heavy atom. The van der Waals surface area contributed by atoms with Crippen molar-refractivity contribution < 1.29 is 0 Å². The molecule has 3 nitrogen and oxygen atoms in total. The second-order valence-electron chi connectivity index (χ2n) is 3.55. The SMILES string of the molecule is CCNC(c1nccs1)c1nc(C)c(C)s1. The Bertz CT molecular complexity index is 428. The molecular formula is C11H15N3S2. The van der Waals surface area contributed by atoms with E-state index in [1.54, 1.807) is 22.7 Å². The van der Waals surface area contributed by atoms with Gasteiger partial charge in [-0.2, -0.15) is 0 Å². The van der Waals surface area contributed by atoms with Crippen molar-refractivity contribution in [3.63, 3.8) is 0 Å². The number of thiazole rings is 2. The first kappa shape index (κ1) is 11.7. The average molecular weight is 253 g/mol. The van der Waals surface area contributed by atoms with Gasteiger partial charge in [0.15, 0.2) is 0 Å². The molecular weight excluding hydrogens is 238 g/mol. The van der Waals surface area contributed by atoms with E-state index in [9.17, 15) is 0 Å². The first-order valence-electron chi connectivity index (χ1n) is 5.29. The molecule has 0 aliphatic rings. The zero-order valence-electron chi connectivity index (χ0n) is 9.65. The largest absolute Gasteiger partial charge is 0.303 e. The van der Waals surface area contributed by atoms with Crippen molar-refractivity contribution in [3.8, 4) is 0 Å².